The average Bonchev–Trinajstić information content (AvgIpc) is 3.30. The van der Waals surface area contributed by atoms with Gasteiger partial charge < -0.3 is 10.3 Å². The first-order valence-electron chi connectivity index (χ1n) is 11.5. The van der Waals surface area contributed by atoms with Gasteiger partial charge in [-0.25, -0.2) is 4.98 Å². The van der Waals surface area contributed by atoms with Crippen LogP contribution in [0.25, 0.3) is 0 Å². The quantitative estimate of drug-likeness (QED) is 0.506. The van der Waals surface area contributed by atoms with E-state index in [0.29, 0.717) is 0 Å². The van der Waals surface area contributed by atoms with Crippen LogP contribution < -0.4 is 5.32 Å². The highest BCUT2D eigenvalue weighted by Crippen LogP contribution is 2.32. The number of aryl methyl sites for hydroxylation is 1. The van der Waals surface area contributed by atoms with E-state index in [-0.39, 0.29) is 17.7 Å². The number of anilines is 1. The van der Waals surface area contributed by atoms with Crippen LogP contribution >= 0.6 is 0 Å². The molecule has 0 saturated heterocycles. The average molecular weight is 416 g/mol. The van der Waals surface area contributed by atoms with Crippen LogP contribution in [0.3, 0.4) is 0 Å². The van der Waals surface area contributed by atoms with Crippen molar-refractivity contribution in [3.8, 4) is 0 Å². The van der Waals surface area contributed by atoms with E-state index in [1.165, 1.54) is 22.3 Å². The van der Waals surface area contributed by atoms with E-state index in [0.717, 1.165) is 49.4 Å². The van der Waals surface area contributed by atoms with Crippen LogP contribution in [0.2, 0.25) is 0 Å². The molecule has 1 fully saturated rings. The van der Waals surface area contributed by atoms with Crippen LogP contribution in [0.5, 0.6) is 0 Å². The van der Waals surface area contributed by atoms with Crippen molar-refractivity contribution < 1.29 is 4.79 Å². The largest absolute Gasteiger partial charge is 0.348 e. The Morgan fingerprint density at radius 1 is 1.10 bits per heavy atom. The first-order valence-corrected chi connectivity index (χ1v) is 11.5. The minimum atomic E-state index is 0.157. The number of aromatic amines is 1. The van der Waals surface area contributed by atoms with Gasteiger partial charge in [-0.3, -0.25) is 4.79 Å². The number of imidazole rings is 1. The Labute approximate surface area is 185 Å². The molecule has 4 rings (SSSR count). The molecule has 1 aliphatic rings. The van der Waals surface area contributed by atoms with Gasteiger partial charge in [-0.1, -0.05) is 37.3 Å². The number of H-pyrrole nitrogens is 1. The summed E-state index contributed by atoms with van der Waals surface area (Å²) in [5, 5.41) is 3.13. The molecule has 31 heavy (non-hydrogen) atoms. The molecular weight excluding hydrogens is 382 g/mol. The lowest BCUT2D eigenvalue weighted by Gasteiger charge is -2.25. The molecule has 3 aromatic rings. The first-order chi connectivity index (χ1) is 15.0. The van der Waals surface area contributed by atoms with Gasteiger partial charge in [0.15, 0.2) is 0 Å². The Morgan fingerprint density at radius 3 is 2.52 bits per heavy atom. The SMILES string of the molecule is Cc1cccc(C(Cc2ccc(NC(=O)C3CCC(C)CC3)cc2)c2cnc[nH]2)c1C. The summed E-state index contributed by atoms with van der Waals surface area (Å²) in [6.45, 7) is 6.63. The molecule has 2 aromatic carbocycles. The first kappa shape index (κ1) is 21.4. The molecule has 4 nitrogen and oxygen atoms in total. The van der Waals surface area contributed by atoms with Crippen molar-refractivity contribution in [3.05, 3.63) is 82.9 Å². The highest BCUT2D eigenvalue weighted by Gasteiger charge is 2.24. The van der Waals surface area contributed by atoms with Crippen LogP contribution in [0.1, 0.15) is 66.5 Å². The number of hydrogen-bond donors (Lipinski definition) is 2. The molecule has 162 valence electrons. The van der Waals surface area contributed by atoms with Gasteiger partial charge in [-0.2, -0.15) is 0 Å². The number of nitrogens with one attached hydrogen (secondary N) is 2. The number of aromatic nitrogens is 2. The second-order valence-electron chi connectivity index (χ2n) is 9.20. The predicted octanol–water partition coefficient (Wildman–Crippen LogP) is 6.17. The van der Waals surface area contributed by atoms with Gasteiger partial charge in [0.25, 0.3) is 0 Å². The fourth-order valence-electron chi connectivity index (χ4n) is 4.72. The maximum absolute atomic E-state index is 12.6. The maximum Gasteiger partial charge on any atom is 0.227 e. The van der Waals surface area contributed by atoms with Crippen LogP contribution in [-0.2, 0) is 11.2 Å². The fraction of sp³-hybridized carbons (Fsp3) is 0.407. The lowest BCUT2D eigenvalue weighted by Crippen LogP contribution is -2.26. The Morgan fingerprint density at radius 2 is 1.84 bits per heavy atom. The van der Waals surface area contributed by atoms with Crippen molar-refractivity contribution in [2.45, 2.75) is 58.8 Å². The summed E-state index contributed by atoms with van der Waals surface area (Å²) in [7, 11) is 0. The number of carbonyl (C=O) groups excluding carboxylic acids is 1. The predicted molar refractivity (Wildman–Crippen MR) is 126 cm³/mol. The van der Waals surface area contributed by atoms with E-state index in [2.05, 4.69) is 66.4 Å². The molecule has 1 heterocycles. The van der Waals surface area contributed by atoms with E-state index < -0.39 is 0 Å². The van der Waals surface area contributed by atoms with Crippen molar-refractivity contribution in [2.75, 3.05) is 5.32 Å². The Bertz CT molecular complexity index is 999. The monoisotopic (exact) mass is 415 g/mol. The van der Waals surface area contributed by atoms with E-state index in [1.54, 1.807) is 6.33 Å². The van der Waals surface area contributed by atoms with Crippen molar-refractivity contribution in [3.63, 3.8) is 0 Å². The summed E-state index contributed by atoms with van der Waals surface area (Å²) in [5.41, 5.74) is 7.21. The number of nitrogens with zero attached hydrogens (tertiary/aromatic N) is 1. The summed E-state index contributed by atoms with van der Waals surface area (Å²) in [6.07, 6.45) is 8.87. The van der Waals surface area contributed by atoms with E-state index >= 15 is 0 Å². The van der Waals surface area contributed by atoms with Gasteiger partial charge in [0.05, 0.1) is 6.33 Å². The molecule has 0 radical (unpaired) electrons. The zero-order valence-electron chi connectivity index (χ0n) is 18.8. The summed E-state index contributed by atoms with van der Waals surface area (Å²) < 4.78 is 0. The highest BCUT2D eigenvalue weighted by atomic mass is 16.1. The van der Waals surface area contributed by atoms with Crippen LogP contribution in [0.15, 0.2) is 55.0 Å². The lowest BCUT2D eigenvalue weighted by atomic mass is 9.82. The van der Waals surface area contributed by atoms with Gasteiger partial charge in [0.2, 0.25) is 5.91 Å². The smallest absolute Gasteiger partial charge is 0.227 e. The van der Waals surface area contributed by atoms with Gasteiger partial charge in [0.1, 0.15) is 0 Å². The zero-order chi connectivity index (χ0) is 21.8. The third kappa shape index (κ3) is 5.07. The van der Waals surface area contributed by atoms with E-state index in [1.807, 2.05) is 18.3 Å². The Kier molecular flexibility index (Phi) is 6.55. The molecule has 0 aliphatic heterocycles. The molecule has 0 bridgehead atoms. The van der Waals surface area contributed by atoms with Gasteiger partial charge in [-0.15, -0.1) is 0 Å². The Balaban J connectivity index is 1.47. The molecule has 1 aliphatic carbocycles. The maximum atomic E-state index is 12.6. The third-order valence-corrected chi connectivity index (χ3v) is 6.96. The second kappa shape index (κ2) is 9.51. The minimum Gasteiger partial charge on any atom is -0.348 e. The summed E-state index contributed by atoms with van der Waals surface area (Å²) in [6, 6.07) is 14.8. The number of hydrogen-bond acceptors (Lipinski definition) is 2. The lowest BCUT2D eigenvalue weighted by molar-refractivity contribution is -0.121. The van der Waals surface area contributed by atoms with Crippen molar-refractivity contribution in [1.82, 2.24) is 9.97 Å². The molecule has 1 aromatic heterocycles. The highest BCUT2D eigenvalue weighted by molar-refractivity contribution is 5.92. The van der Waals surface area contributed by atoms with E-state index in [4.69, 9.17) is 0 Å². The second-order valence-corrected chi connectivity index (χ2v) is 9.20. The number of amides is 1. The standard InChI is InChI=1S/C27H33N3O/c1-18-7-11-22(12-8-18)27(31)30-23-13-9-21(10-14-23)15-25(26-16-28-17-29-26)24-6-4-5-19(2)20(24)3/h4-6,9-10,13-14,16-18,22,25H,7-8,11-12,15H2,1-3H3,(H,28,29)(H,30,31). The van der Waals surface area contributed by atoms with Crippen LogP contribution in [0.4, 0.5) is 5.69 Å². The summed E-state index contributed by atoms with van der Waals surface area (Å²) in [4.78, 5) is 20.2. The zero-order valence-corrected chi connectivity index (χ0v) is 18.8. The molecule has 1 atom stereocenters. The molecule has 2 N–H and O–H groups in total. The normalized spacial score (nSPS) is 19.7. The topological polar surface area (TPSA) is 57.8 Å². The number of carbonyl (C=O) groups is 1. The molecule has 1 unspecified atom stereocenters. The summed E-state index contributed by atoms with van der Waals surface area (Å²) >= 11 is 0. The Hall–Kier alpha value is -2.88. The molecule has 1 saturated carbocycles. The minimum absolute atomic E-state index is 0.157. The van der Waals surface area contributed by atoms with Gasteiger partial charge >= 0.3 is 0 Å². The number of benzene rings is 2. The van der Waals surface area contributed by atoms with E-state index in [9.17, 15) is 4.79 Å². The molecular formula is C27H33N3O. The van der Waals surface area contributed by atoms with Gasteiger partial charge in [-0.05, 0) is 86.3 Å². The van der Waals surface area contributed by atoms with Crippen LogP contribution in [-0.4, -0.2) is 15.9 Å². The number of rotatable bonds is 6. The molecule has 1 amide bonds. The fourth-order valence-corrected chi connectivity index (χ4v) is 4.72. The van der Waals surface area contributed by atoms with Crippen LogP contribution in [0, 0.1) is 25.7 Å². The molecule has 0 spiro atoms. The molecule has 4 heteroatoms. The van der Waals surface area contributed by atoms with Crippen molar-refractivity contribution in [1.29, 1.82) is 0 Å². The van der Waals surface area contributed by atoms with Gasteiger partial charge in [0, 0.05) is 29.4 Å². The van der Waals surface area contributed by atoms with Crippen molar-refractivity contribution in [2.24, 2.45) is 11.8 Å². The summed E-state index contributed by atoms with van der Waals surface area (Å²) in [5.74, 6) is 1.30. The third-order valence-electron chi connectivity index (χ3n) is 6.96. The van der Waals surface area contributed by atoms with Crippen molar-refractivity contribution >= 4 is 11.6 Å².